The van der Waals surface area contributed by atoms with E-state index in [1.54, 1.807) is 0 Å². The molecule has 1 aliphatic heterocycles. The van der Waals surface area contributed by atoms with E-state index in [2.05, 4.69) is 45.5 Å². The lowest BCUT2D eigenvalue weighted by Gasteiger charge is -2.18. The van der Waals surface area contributed by atoms with E-state index in [-0.39, 0.29) is 5.91 Å². The Kier molecular flexibility index (Phi) is 4.83. The zero-order valence-electron chi connectivity index (χ0n) is 19.7. The molecule has 0 bridgehead atoms. The molecule has 6 rings (SSSR count). The SMILES string of the molecule is CCN1C(=O)C(C)(C)c2cc3nc(-c4n[nH]c5cc(C=Cc6ccc(Cl)cc6)ccc45)[nH]c3cc21. The number of fused-ring (bicyclic) bond motifs is 3. The number of hydrogen-bond donors (Lipinski definition) is 2. The number of nitrogens with one attached hydrogen (secondary N) is 2. The van der Waals surface area contributed by atoms with E-state index >= 15 is 0 Å². The van der Waals surface area contributed by atoms with Gasteiger partial charge in [-0.05, 0) is 73.9 Å². The molecule has 0 radical (unpaired) electrons. The molecule has 0 fully saturated rings. The van der Waals surface area contributed by atoms with E-state index in [1.165, 1.54) is 0 Å². The number of anilines is 1. The van der Waals surface area contributed by atoms with Crippen molar-refractivity contribution >= 4 is 57.3 Å². The van der Waals surface area contributed by atoms with Gasteiger partial charge in [-0.2, -0.15) is 5.10 Å². The topological polar surface area (TPSA) is 77.7 Å². The normalized spacial score (nSPS) is 15.1. The third kappa shape index (κ3) is 3.44. The van der Waals surface area contributed by atoms with Gasteiger partial charge in [-0.1, -0.05) is 42.0 Å². The van der Waals surface area contributed by atoms with Gasteiger partial charge in [-0.25, -0.2) is 4.98 Å². The molecule has 35 heavy (non-hydrogen) atoms. The van der Waals surface area contributed by atoms with Crippen LogP contribution in [0.1, 0.15) is 37.5 Å². The molecule has 7 heteroatoms. The quantitative estimate of drug-likeness (QED) is 0.285. The zero-order valence-corrected chi connectivity index (χ0v) is 20.4. The highest BCUT2D eigenvalue weighted by molar-refractivity contribution is 6.30. The fourth-order valence-corrected chi connectivity index (χ4v) is 4.97. The molecule has 1 amide bonds. The minimum atomic E-state index is -0.562. The predicted molar refractivity (Wildman–Crippen MR) is 143 cm³/mol. The summed E-state index contributed by atoms with van der Waals surface area (Å²) in [5.74, 6) is 0.827. The Morgan fingerprint density at radius 2 is 1.74 bits per heavy atom. The number of amides is 1. The van der Waals surface area contributed by atoms with Crippen molar-refractivity contribution in [2.75, 3.05) is 11.4 Å². The van der Waals surface area contributed by atoms with E-state index in [0.717, 1.165) is 55.0 Å². The molecule has 0 atom stereocenters. The molecular weight excluding hydrogens is 458 g/mol. The van der Waals surface area contributed by atoms with Crippen LogP contribution in [0.2, 0.25) is 5.02 Å². The van der Waals surface area contributed by atoms with Gasteiger partial charge >= 0.3 is 0 Å². The standard InChI is InChI=1S/C28H24ClN5O/c1-4-34-24-15-23-22(14-20(24)28(2,3)27(34)35)30-26(31-23)25-19-12-9-17(13-21(19)32-33-25)6-5-16-7-10-18(29)11-8-16/h5-15H,4H2,1-3H3,(H,30,31)(H,32,33). The van der Waals surface area contributed by atoms with Crippen molar-refractivity contribution in [3.05, 3.63) is 76.3 Å². The van der Waals surface area contributed by atoms with Crippen molar-refractivity contribution in [2.24, 2.45) is 0 Å². The van der Waals surface area contributed by atoms with Crippen molar-refractivity contribution in [2.45, 2.75) is 26.2 Å². The van der Waals surface area contributed by atoms with Gasteiger partial charge in [0.2, 0.25) is 5.91 Å². The predicted octanol–water partition coefficient (Wildman–Crippen LogP) is 6.57. The van der Waals surface area contributed by atoms with E-state index in [9.17, 15) is 4.79 Å². The number of nitrogens with zero attached hydrogens (tertiary/aromatic N) is 3. The van der Waals surface area contributed by atoms with Gasteiger partial charge in [-0.15, -0.1) is 0 Å². The molecule has 0 saturated heterocycles. The Morgan fingerprint density at radius 3 is 2.51 bits per heavy atom. The van der Waals surface area contributed by atoms with Gasteiger partial charge < -0.3 is 9.88 Å². The summed E-state index contributed by atoms with van der Waals surface area (Å²) >= 11 is 5.97. The molecule has 2 N–H and O–H groups in total. The minimum absolute atomic E-state index is 0.127. The number of aromatic amines is 2. The largest absolute Gasteiger partial charge is 0.337 e. The number of aromatic nitrogens is 4. The molecule has 0 aliphatic carbocycles. The average molecular weight is 482 g/mol. The monoisotopic (exact) mass is 481 g/mol. The fraction of sp³-hybridized carbons (Fsp3) is 0.179. The Labute approximate surface area is 207 Å². The summed E-state index contributed by atoms with van der Waals surface area (Å²) in [6, 6.07) is 18.0. The van der Waals surface area contributed by atoms with Crippen LogP contribution in [0.4, 0.5) is 5.69 Å². The number of likely N-dealkylation sites (N-methyl/N-ethyl adjacent to an activating group) is 1. The lowest BCUT2D eigenvalue weighted by Crippen LogP contribution is -2.35. The van der Waals surface area contributed by atoms with Crippen LogP contribution in [-0.4, -0.2) is 32.6 Å². The Morgan fingerprint density at radius 1 is 1.00 bits per heavy atom. The Hall–Kier alpha value is -3.90. The molecule has 0 spiro atoms. The first-order valence-corrected chi connectivity index (χ1v) is 12.0. The molecular formula is C28H24ClN5O. The van der Waals surface area contributed by atoms with Crippen molar-refractivity contribution in [1.29, 1.82) is 0 Å². The third-order valence-electron chi connectivity index (χ3n) is 6.81. The van der Waals surface area contributed by atoms with Crippen LogP contribution < -0.4 is 4.90 Å². The average Bonchev–Trinajstić information content (AvgIpc) is 3.50. The van der Waals surface area contributed by atoms with Crippen molar-refractivity contribution in [3.8, 4) is 11.5 Å². The second-order valence-corrected chi connectivity index (χ2v) is 9.84. The molecule has 174 valence electrons. The van der Waals surface area contributed by atoms with Crippen LogP contribution in [0.5, 0.6) is 0 Å². The van der Waals surface area contributed by atoms with E-state index in [4.69, 9.17) is 16.6 Å². The van der Waals surface area contributed by atoms with Gasteiger partial charge in [0.05, 0.1) is 27.7 Å². The summed E-state index contributed by atoms with van der Waals surface area (Å²) in [5.41, 5.74) is 6.98. The summed E-state index contributed by atoms with van der Waals surface area (Å²) in [7, 11) is 0. The van der Waals surface area contributed by atoms with Crippen LogP contribution in [0, 0.1) is 0 Å². The van der Waals surface area contributed by atoms with Gasteiger partial charge in [0.25, 0.3) is 0 Å². The number of rotatable bonds is 4. The van der Waals surface area contributed by atoms with Gasteiger partial charge in [-0.3, -0.25) is 9.89 Å². The highest BCUT2D eigenvalue weighted by Gasteiger charge is 2.43. The van der Waals surface area contributed by atoms with Crippen molar-refractivity contribution < 1.29 is 4.79 Å². The molecule has 5 aromatic rings. The molecule has 3 aromatic carbocycles. The smallest absolute Gasteiger partial charge is 0.237 e. The molecule has 0 saturated carbocycles. The fourth-order valence-electron chi connectivity index (χ4n) is 4.85. The first-order valence-electron chi connectivity index (χ1n) is 11.6. The van der Waals surface area contributed by atoms with Gasteiger partial charge in [0.1, 0.15) is 5.69 Å². The molecule has 6 nitrogen and oxygen atoms in total. The van der Waals surface area contributed by atoms with Gasteiger partial charge in [0, 0.05) is 17.0 Å². The Bertz CT molecular complexity index is 1640. The maximum absolute atomic E-state index is 12.9. The summed E-state index contributed by atoms with van der Waals surface area (Å²) < 4.78 is 0. The number of imidazole rings is 1. The number of hydrogen-bond acceptors (Lipinski definition) is 3. The number of carbonyl (C=O) groups excluding carboxylic acids is 1. The van der Waals surface area contributed by atoms with E-state index < -0.39 is 5.41 Å². The molecule has 3 heterocycles. The molecule has 0 unspecified atom stereocenters. The number of H-pyrrole nitrogens is 2. The number of benzene rings is 3. The second kappa shape index (κ2) is 7.82. The van der Waals surface area contributed by atoms with Gasteiger partial charge in [0.15, 0.2) is 5.82 Å². The summed E-state index contributed by atoms with van der Waals surface area (Å²) in [6.45, 7) is 6.59. The lowest BCUT2D eigenvalue weighted by atomic mass is 9.86. The number of halogens is 1. The second-order valence-electron chi connectivity index (χ2n) is 9.41. The summed E-state index contributed by atoms with van der Waals surface area (Å²) in [4.78, 5) is 23.0. The molecule has 2 aromatic heterocycles. The van der Waals surface area contributed by atoms with Crippen LogP contribution in [0.15, 0.2) is 54.6 Å². The van der Waals surface area contributed by atoms with Crippen LogP contribution in [0.3, 0.4) is 0 Å². The zero-order chi connectivity index (χ0) is 24.3. The third-order valence-corrected chi connectivity index (χ3v) is 7.06. The number of carbonyl (C=O) groups is 1. The van der Waals surface area contributed by atoms with Crippen molar-refractivity contribution in [3.63, 3.8) is 0 Å². The highest BCUT2D eigenvalue weighted by atomic mass is 35.5. The van der Waals surface area contributed by atoms with E-state index in [0.29, 0.717) is 12.4 Å². The van der Waals surface area contributed by atoms with Crippen molar-refractivity contribution in [1.82, 2.24) is 20.2 Å². The van der Waals surface area contributed by atoms with Crippen LogP contribution >= 0.6 is 11.6 Å². The van der Waals surface area contributed by atoms with Crippen LogP contribution in [0.25, 0.3) is 45.6 Å². The maximum atomic E-state index is 12.9. The maximum Gasteiger partial charge on any atom is 0.237 e. The lowest BCUT2D eigenvalue weighted by molar-refractivity contribution is -0.122. The first kappa shape index (κ1) is 21.6. The summed E-state index contributed by atoms with van der Waals surface area (Å²) in [6.07, 6.45) is 4.12. The van der Waals surface area contributed by atoms with Crippen LogP contribution in [-0.2, 0) is 10.2 Å². The Balaban J connectivity index is 1.36. The molecule has 1 aliphatic rings. The minimum Gasteiger partial charge on any atom is -0.337 e. The first-order chi connectivity index (χ1) is 16.8. The van der Waals surface area contributed by atoms with E-state index in [1.807, 2.05) is 62.1 Å². The summed E-state index contributed by atoms with van der Waals surface area (Å²) in [5, 5.41) is 9.42. The highest BCUT2D eigenvalue weighted by Crippen LogP contribution is 2.43.